The van der Waals surface area contributed by atoms with E-state index in [1.807, 2.05) is 36.9 Å². The van der Waals surface area contributed by atoms with Crippen LogP contribution in [0.1, 0.15) is 33.1 Å². The van der Waals surface area contributed by atoms with Crippen molar-refractivity contribution in [3.8, 4) is 5.75 Å². The van der Waals surface area contributed by atoms with Crippen LogP contribution in [0.25, 0.3) is 0 Å². The van der Waals surface area contributed by atoms with Crippen LogP contribution in [0, 0.1) is 17.8 Å². The highest BCUT2D eigenvalue weighted by Gasteiger charge is 2.40. The number of ether oxygens (including phenoxy) is 1. The largest absolute Gasteiger partial charge is 0.495 e. The number of nitrogens with one attached hydrogen (secondary N) is 1. The highest BCUT2D eigenvalue weighted by atomic mass is 16.5. The number of nitrogens with two attached hydrogens (primary N) is 1. The highest BCUT2D eigenvalue weighted by molar-refractivity contribution is 5.91. The van der Waals surface area contributed by atoms with Gasteiger partial charge in [0.2, 0.25) is 11.8 Å². The molecule has 8 nitrogen and oxygen atoms in total. The third-order valence-corrected chi connectivity index (χ3v) is 6.28. The number of urea groups is 1. The summed E-state index contributed by atoms with van der Waals surface area (Å²) in [5.74, 6) is 0.556. The zero-order chi connectivity index (χ0) is 21.8. The molecule has 2 aliphatic rings. The number of nitrogens with zero attached hydrogens (tertiary/aromatic N) is 2. The summed E-state index contributed by atoms with van der Waals surface area (Å²) in [4.78, 5) is 41.1. The van der Waals surface area contributed by atoms with E-state index >= 15 is 0 Å². The van der Waals surface area contributed by atoms with Crippen LogP contribution in [0.3, 0.4) is 0 Å². The quantitative estimate of drug-likeness (QED) is 0.768. The zero-order valence-corrected chi connectivity index (χ0v) is 18.0. The number of amides is 4. The summed E-state index contributed by atoms with van der Waals surface area (Å²) in [6.45, 7) is 5.50. The van der Waals surface area contributed by atoms with Gasteiger partial charge >= 0.3 is 6.03 Å². The molecule has 0 aliphatic carbocycles. The van der Waals surface area contributed by atoms with Crippen LogP contribution in [0.4, 0.5) is 10.5 Å². The standard InChI is InChI=1S/C22H32N4O4/c1-14(2)20(21(23)28)26-11-9-16-13-25(10-8-15(16)12-19(26)27)22(29)24-17-6-4-5-7-18(17)30-3/h4-7,14-16,20H,8-13H2,1-3H3,(H2,23,28)(H,24,29)/t15-,16-,20-/m0/s1. The minimum atomic E-state index is -0.581. The second kappa shape index (κ2) is 9.36. The maximum atomic E-state index is 12.9. The fraction of sp³-hybridized carbons (Fsp3) is 0.591. The number of hydrogen-bond acceptors (Lipinski definition) is 4. The van der Waals surface area contributed by atoms with E-state index in [9.17, 15) is 14.4 Å². The van der Waals surface area contributed by atoms with Crippen LogP contribution in [-0.4, -0.2) is 60.4 Å². The van der Waals surface area contributed by atoms with Crippen molar-refractivity contribution >= 4 is 23.5 Å². The highest BCUT2D eigenvalue weighted by Crippen LogP contribution is 2.34. The van der Waals surface area contributed by atoms with Crippen molar-refractivity contribution in [2.45, 2.75) is 39.2 Å². The predicted octanol–water partition coefficient (Wildman–Crippen LogP) is 2.30. The summed E-state index contributed by atoms with van der Waals surface area (Å²) >= 11 is 0. The van der Waals surface area contributed by atoms with Gasteiger partial charge in [0.15, 0.2) is 0 Å². The molecule has 30 heavy (non-hydrogen) atoms. The molecule has 4 amide bonds. The van der Waals surface area contributed by atoms with Crippen molar-refractivity contribution in [1.29, 1.82) is 0 Å². The van der Waals surface area contributed by atoms with Gasteiger partial charge in [0.25, 0.3) is 0 Å². The number of rotatable bonds is 5. The summed E-state index contributed by atoms with van der Waals surface area (Å²) in [5, 5.41) is 2.93. The van der Waals surface area contributed by atoms with Crippen LogP contribution in [-0.2, 0) is 9.59 Å². The lowest BCUT2D eigenvalue weighted by atomic mass is 9.82. The Morgan fingerprint density at radius 2 is 1.87 bits per heavy atom. The van der Waals surface area contributed by atoms with Gasteiger partial charge in [-0.2, -0.15) is 0 Å². The monoisotopic (exact) mass is 416 g/mol. The van der Waals surface area contributed by atoms with Gasteiger partial charge in [0.05, 0.1) is 12.8 Å². The summed E-state index contributed by atoms with van der Waals surface area (Å²) in [6, 6.07) is 6.56. The first-order valence-corrected chi connectivity index (χ1v) is 10.6. The molecule has 0 saturated carbocycles. The van der Waals surface area contributed by atoms with Gasteiger partial charge in [-0.05, 0) is 42.7 Å². The molecule has 2 saturated heterocycles. The Labute approximate surface area is 177 Å². The Morgan fingerprint density at radius 3 is 2.53 bits per heavy atom. The maximum absolute atomic E-state index is 12.9. The molecule has 1 aromatic carbocycles. The van der Waals surface area contributed by atoms with E-state index in [4.69, 9.17) is 10.5 Å². The fourth-order valence-electron chi connectivity index (χ4n) is 4.71. The number of likely N-dealkylation sites (tertiary alicyclic amines) is 2. The van der Waals surface area contributed by atoms with E-state index in [2.05, 4.69) is 5.32 Å². The third-order valence-electron chi connectivity index (χ3n) is 6.28. The normalized spacial score (nSPS) is 22.9. The first-order valence-electron chi connectivity index (χ1n) is 10.6. The first-order chi connectivity index (χ1) is 14.3. The summed E-state index contributed by atoms with van der Waals surface area (Å²) in [6.07, 6.45) is 1.93. The number of benzene rings is 1. The van der Waals surface area contributed by atoms with Crippen LogP contribution in [0.5, 0.6) is 5.75 Å². The molecule has 0 bridgehead atoms. The number of anilines is 1. The lowest BCUT2D eigenvalue weighted by Gasteiger charge is -2.37. The van der Waals surface area contributed by atoms with Crippen molar-refractivity contribution in [1.82, 2.24) is 9.80 Å². The molecule has 8 heteroatoms. The Morgan fingerprint density at radius 1 is 1.17 bits per heavy atom. The van der Waals surface area contributed by atoms with Gasteiger partial charge in [-0.25, -0.2) is 4.79 Å². The maximum Gasteiger partial charge on any atom is 0.321 e. The second-order valence-corrected chi connectivity index (χ2v) is 8.56. The van der Waals surface area contributed by atoms with Crippen molar-refractivity contribution in [3.63, 3.8) is 0 Å². The predicted molar refractivity (Wildman–Crippen MR) is 114 cm³/mol. The number of fused-ring (bicyclic) bond motifs is 1. The van der Waals surface area contributed by atoms with Crippen molar-refractivity contribution < 1.29 is 19.1 Å². The van der Waals surface area contributed by atoms with Gasteiger partial charge in [-0.3, -0.25) is 9.59 Å². The molecule has 3 atom stereocenters. The summed E-state index contributed by atoms with van der Waals surface area (Å²) < 4.78 is 5.31. The van der Waals surface area contributed by atoms with E-state index in [1.54, 1.807) is 18.1 Å². The van der Waals surface area contributed by atoms with Gasteiger partial charge < -0.3 is 25.6 Å². The van der Waals surface area contributed by atoms with Crippen LogP contribution >= 0.6 is 0 Å². The van der Waals surface area contributed by atoms with Crippen molar-refractivity contribution in [3.05, 3.63) is 24.3 Å². The molecule has 1 aromatic rings. The van der Waals surface area contributed by atoms with Gasteiger partial charge in [-0.15, -0.1) is 0 Å². The topological polar surface area (TPSA) is 105 Å². The molecule has 0 radical (unpaired) electrons. The lowest BCUT2D eigenvalue weighted by Crippen LogP contribution is -2.50. The number of piperidine rings is 1. The molecule has 3 rings (SSSR count). The Kier molecular flexibility index (Phi) is 6.84. The average Bonchev–Trinajstić information content (AvgIpc) is 2.86. The molecule has 3 N–H and O–H groups in total. The molecule has 164 valence electrons. The minimum absolute atomic E-state index is 0.00748. The van der Waals surface area contributed by atoms with E-state index in [0.717, 1.165) is 12.8 Å². The van der Waals surface area contributed by atoms with Crippen LogP contribution < -0.4 is 15.8 Å². The van der Waals surface area contributed by atoms with E-state index < -0.39 is 11.9 Å². The minimum Gasteiger partial charge on any atom is -0.495 e. The smallest absolute Gasteiger partial charge is 0.321 e. The summed E-state index contributed by atoms with van der Waals surface area (Å²) in [5.41, 5.74) is 6.22. The van der Waals surface area contributed by atoms with Gasteiger partial charge in [0, 0.05) is 26.1 Å². The molecule has 0 unspecified atom stereocenters. The Bertz CT molecular complexity index is 797. The lowest BCUT2D eigenvalue weighted by molar-refractivity contribution is -0.141. The van der Waals surface area contributed by atoms with E-state index in [0.29, 0.717) is 37.5 Å². The molecular weight excluding hydrogens is 384 g/mol. The SMILES string of the molecule is COc1ccccc1NC(=O)N1CC[C@H]2CC(=O)N([C@H](C(N)=O)C(C)C)CC[C@H]2C1. The Hall–Kier alpha value is -2.77. The van der Waals surface area contributed by atoms with Crippen molar-refractivity contribution in [2.75, 3.05) is 32.1 Å². The Balaban J connectivity index is 1.66. The molecule has 2 fully saturated rings. The number of primary amides is 1. The van der Waals surface area contributed by atoms with Gasteiger partial charge in [0.1, 0.15) is 11.8 Å². The molecular formula is C22H32N4O4. The molecule has 0 aromatic heterocycles. The van der Waals surface area contributed by atoms with Crippen LogP contribution in [0.15, 0.2) is 24.3 Å². The van der Waals surface area contributed by atoms with Crippen molar-refractivity contribution in [2.24, 2.45) is 23.5 Å². The molecule has 2 aliphatic heterocycles. The zero-order valence-electron chi connectivity index (χ0n) is 18.0. The average molecular weight is 417 g/mol. The summed E-state index contributed by atoms with van der Waals surface area (Å²) in [7, 11) is 1.57. The van der Waals surface area contributed by atoms with E-state index in [1.165, 1.54) is 0 Å². The fourth-order valence-corrected chi connectivity index (χ4v) is 4.71. The number of hydrogen-bond donors (Lipinski definition) is 2. The second-order valence-electron chi connectivity index (χ2n) is 8.56. The van der Waals surface area contributed by atoms with Gasteiger partial charge in [-0.1, -0.05) is 26.0 Å². The number of para-hydroxylation sites is 2. The third kappa shape index (κ3) is 4.68. The molecule has 0 spiro atoms. The van der Waals surface area contributed by atoms with Crippen LogP contribution in [0.2, 0.25) is 0 Å². The number of methoxy groups -OCH3 is 1. The molecule has 2 heterocycles. The van der Waals surface area contributed by atoms with E-state index in [-0.39, 0.29) is 29.7 Å². The number of carbonyl (C=O) groups excluding carboxylic acids is 3. The number of carbonyl (C=O) groups is 3. The first kappa shape index (κ1) is 21.9.